The molecule has 0 saturated carbocycles. The maximum Gasteiger partial charge on any atom is 0.239 e. The molecule has 2 heterocycles. The third-order valence-corrected chi connectivity index (χ3v) is 3.07. The highest BCUT2D eigenvalue weighted by molar-refractivity contribution is 7.09. The van der Waals surface area contributed by atoms with Gasteiger partial charge in [-0.25, -0.2) is 0 Å². The second-order valence-corrected chi connectivity index (χ2v) is 4.14. The van der Waals surface area contributed by atoms with Gasteiger partial charge in [0.25, 0.3) is 0 Å². The van der Waals surface area contributed by atoms with Crippen LogP contribution in [0.3, 0.4) is 0 Å². The van der Waals surface area contributed by atoms with Crippen molar-refractivity contribution in [2.45, 2.75) is 6.92 Å². The molecule has 0 radical (unpaired) electrons. The summed E-state index contributed by atoms with van der Waals surface area (Å²) >= 11 is 1.27. The molecule has 1 fully saturated rings. The highest BCUT2D eigenvalue weighted by Gasteiger charge is 2.18. The summed E-state index contributed by atoms with van der Waals surface area (Å²) in [5.41, 5.74) is 5.55. The van der Waals surface area contributed by atoms with Gasteiger partial charge < -0.3 is 15.5 Å². The molecule has 6 heteroatoms. The van der Waals surface area contributed by atoms with Crippen LogP contribution in [0.5, 0.6) is 0 Å². The van der Waals surface area contributed by atoms with Gasteiger partial charge in [0.1, 0.15) is 0 Å². The third kappa shape index (κ3) is 1.96. The molecule has 0 aliphatic carbocycles. The summed E-state index contributed by atoms with van der Waals surface area (Å²) in [6.07, 6.45) is 0. The Hall–Kier alpha value is -0.880. The van der Waals surface area contributed by atoms with Crippen LogP contribution < -0.4 is 10.6 Å². The van der Waals surface area contributed by atoms with Crippen LogP contribution in [0.15, 0.2) is 0 Å². The van der Waals surface area contributed by atoms with Crippen LogP contribution in [0.25, 0.3) is 0 Å². The number of anilines is 2. The molecule has 0 aromatic carbocycles. The first kappa shape index (κ1) is 9.67. The van der Waals surface area contributed by atoms with Crippen LogP contribution in [0.2, 0.25) is 0 Å². The van der Waals surface area contributed by atoms with Crippen molar-refractivity contribution in [2.24, 2.45) is 0 Å². The van der Waals surface area contributed by atoms with Gasteiger partial charge in [0.15, 0.2) is 0 Å². The second kappa shape index (κ2) is 4.10. The SMILES string of the molecule is CCN1CCN(c2nsc(N)n2)CC1. The predicted molar refractivity (Wildman–Crippen MR) is 58.6 cm³/mol. The molecule has 2 rings (SSSR count). The molecule has 14 heavy (non-hydrogen) atoms. The zero-order valence-corrected chi connectivity index (χ0v) is 9.13. The summed E-state index contributed by atoms with van der Waals surface area (Å²) in [6.45, 7) is 7.51. The van der Waals surface area contributed by atoms with Gasteiger partial charge in [-0.05, 0) is 6.54 Å². The first-order chi connectivity index (χ1) is 6.79. The van der Waals surface area contributed by atoms with E-state index < -0.39 is 0 Å². The monoisotopic (exact) mass is 213 g/mol. The van der Waals surface area contributed by atoms with Crippen molar-refractivity contribution in [1.29, 1.82) is 0 Å². The van der Waals surface area contributed by atoms with Crippen LogP contribution in [-0.4, -0.2) is 47.0 Å². The lowest BCUT2D eigenvalue weighted by Gasteiger charge is -2.33. The van der Waals surface area contributed by atoms with Crippen molar-refractivity contribution in [3.8, 4) is 0 Å². The van der Waals surface area contributed by atoms with Gasteiger partial charge in [-0.1, -0.05) is 6.92 Å². The molecule has 0 spiro atoms. The second-order valence-electron chi connectivity index (χ2n) is 3.35. The lowest BCUT2D eigenvalue weighted by Crippen LogP contribution is -2.46. The molecule has 2 N–H and O–H groups in total. The van der Waals surface area contributed by atoms with Crippen molar-refractivity contribution < 1.29 is 0 Å². The molecule has 1 aliphatic heterocycles. The zero-order chi connectivity index (χ0) is 9.97. The fourth-order valence-electron chi connectivity index (χ4n) is 1.62. The molecule has 0 bridgehead atoms. The number of hydrogen-bond acceptors (Lipinski definition) is 6. The Morgan fingerprint density at radius 1 is 1.36 bits per heavy atom. The van der Waals surface area contributed by atoms with Crippen LogP contribution in [0.4, 0.5) is 11.1 Å². The Labute approximate surface area is 87.7 Å². The maximum atomic E-state index is 5.55. The highest BCUT2D eigenvalue weighted by Crippen LogP contribution is 2.16. The fraction of sp³-hybridized carbons (Fsp3) is 0.750. The van der Waals surface area contributed by atoms with Gasteiger partial charge in [0.05, 0.1) is 0 Å². The Balaban J connectivity index is 1.95. The van der Waals surface area contributed by atoms with E-state index in [1.165, 1.54) is 11.5 Å². The number of piperazine rings is 1. The number of nitrogen functional groups attached to an aromatic ring is 1. The van der Waals surface area contributed by atoms with Gasteiger partial charge in [0, 0.05) is 37.7 Å². The molecule has 0 amide bonds. The summed E-state index contributed by atoms with van der Waals surface area (Å²) < 4.78 is 4.20. The molecule has 0 atom stereocenters. The molecule has 5 nitrogen and oxygen atoms in total. The first-order valence-electron chi connectivity index (χ1n) is 4.86. The number of nitrogens with two attached hydrogens (primary N) is 1. The topological polar surface area (TPSA) is 58.3 Å². The van der Waals surface area contributed by atoms with Gasteiger partial charge in [-0.2, -0.15) is 9.36 Å². The van der Waals surface area contributed by atoms with Gasteiger partial charge >= 0.3 is 0 Å². The van der Waals surface area contributed by atoms with Crippen molar-refractivity contribution in [1.82, 2.24) is 14.3 Å². The van der Waals surface area contributed by atoms with E-state index in [0.29, 0.717) is 5.13 Å². The van der Waals surface area contributed by atoms with E-state index in [0.717, 1.165) is 38.7 Å². The Bertz CT molecular complexity index is 292. The minimum atomic E-state index is 0.554. The van der Waals surface area contributed by atoms with Crippen molar-refractivity contribution >= 4 is 22.6 Å². The molecule has 78 valence electrons. The normalized spacial score (nSPS) is 18.8. The minimum Gasteiger partial charge on any atom is -0.374 e. The smallest absolute Gasteiger partial charge is 0.239 e. The average Bonchev–Trinajstić information content (AvgIpc) is 2.65. The molecule has 0 unspecified atom stereocenters. The maximum absolute atomic E-state index is 5.55. The van der Waals surface area contributed by atoms with Crippen molar-refractivity contribution in [3.63, 3.8) is 0 Å². The van der Waals surface area contributed by atoms with E-state index in [1.54, 1.807) is 0 Å². The predicted octanol–water partition coefficient (Wildman–Crippen LogP) is 0.262. The quantitative estimate of drug-likeness (QED) is 0.764. The molecule has 1 aromatic heterocycles. The zero-order valence-electron chi connectivity index (χ0n) is 8.31. The van der Waals surface area contributed by atoms with Gasteiger partial charge in [0.2, 0.25) is 11.1 Å². The summed E-state index contributed by atoms with van der Waals surface area (Å²) in [4.78, 5) is 8.79. The lowest BCUT2D eigenvalue weighted by molar-refractivity contribution is 0.270. The highest BCUT2D eigenvalue weighted by atomic mass is 32.1. The average molecular weight is 213 g/mol. The third-order valence-electron chi connectivity index (χ3n) is 2.53. The summed E-state index contributed by atoms with van der Waals surface area (Å²) in [5, 5.41) is 0.554. The van der Waals surface area contributed by atoms with Crippen molar-refractivity contribution in [3.05, 3.63) is 0 Å². The van der Waals surface area contributed by atoms with E-state index in [1.807, 2.05) is 0 Å². The Kier molecular flexibility index (Phi) is 2.83. The number of aromatic nitrogens is 2. The van der Waals surface area contributed by atoms with E-state index in [2.05, 4.69) is 26.1 Å². The van der Waals surface area contributed by atoms with Crippen LogP contribution in [0.1, 0.15) is 6.92 Å². The van der Waals surface area contributed by atoms with Gasteiger partial charge in [-0.15, -0.1) is 0 Å². The summed E-state index contributed by atoms with van der Waals surface area (Å²) in [6, 6.07) is 0. The number of rotatable bonds is 2. The standard InChI is InChI=1S/C8H15N5S/c1-2-12-3-5-13(6-4-12)8-10-7(9)14-11-8/h2-6H2,1H3,(H2,9,10,11). The molecule has 1 aliphatic rings. The van der Waals surface area contributed by atoms with Crippen LogP contribution >= 0.6 is 11.5 Å². The molecule has 1 saturated heterocycles. The lowest BCUT2D eigenvalue weighted by atomic mass is 10.3. The largest absolute Gasteiger partial charge is 0.374 e. The number of likely N-dealkylation sites (N-methyl/N-ethyl adjacent to an activating group) is 1. The number of nitrogens with zero attached hydrogens (tertiary/aromatic N) is 4. The molecular weight excluding hydrogens is 198 g/mol. The first-order valence-corrected chi connectivity index (χ1v) is 5.63. The number of hydrogen-bond donors (Lipinski definition) is 1. The summed E-state index contributed by atoms with van der Waals surface area (Å²) in [7, 11) is 0. The van der Waals surface area contributed by atoms with E-state index in [9.17, 15) is 0 Å². The van der Waals surface area contributed by atoms with Gasteiger partial charge in [-0.3, -0.25) is 0 Å². The van der Waals surface area contributed by atoms with Crippen LogP contribution in [-0.2, 0) is 0 Å². The van der Waals surface area contributed by atoms with E-state index >= 15 is 0 Å². The Morgan fingerprint density at radius 2 is 2.07 bits per heavy atom. The van der Waals surface area contributed by atoms with E-state index in [4.69, 9.17) is 5.73 Å². The fourth-order valence-corrected chi connectivity index (χ4v) is 2.07. The molecule has 1 aromatic rings. The molecular formula is C8H15N5S. The minimum absolute atomic E-state index is 0.554. The van der Waals surface area contributed by atoms with Crippen molar-refractivity contribution in [2.75, 3.05) is 43.4 Å². The Morgan fingerprint density at radius 3 is 2.57 bits per heavy atom. The summed E-state index contributed by atoms with van der Waals surface area (Å²) in [5.74, 6) is 0.795. The van der Waals surface area contributed by atoms with E-state index in [-0.39, 0.29) is 0 Å². The van der Waals surface area contributed by atoms with Crippen LogP contribution in [0, 0.1) is 0 Å².